The quantitative estimate of drug-likeness (QED) is 0.734. The molecule has 1 aromatic rings. The molecule has 0 bridgehead atoms. The SMILES string of the molecule is COC(=O)Nc1cc(C#CCN)ccc1Cl. The number of amides is 1. The van der Waals surface area contributed by atoms with E-state index in [2.05, 4.69) is 21.9 Å². The Kier molecular flexibility index (Phi) is 4.65. The molecule has 0 aliphatic heterocycles. The van der Waals surface area contributed by atoms with Crippen LogP contribution in [-0.2, 0) is 4.74 Å². The van der Waals surface area contributed by atoms with Crippen LogP contribution >= 0.6 is 11.6 Å². The predicted molar refractivity (Wildman–Crippen MR) is 63.4 cm³/mol. The molecule has 3 N–H and O–H groups in total. The molecule has 0 aromatic heterocycles. The van der Waals surface area contributed by atoms with Crippen molar-refractivity contribution in [2.24, 2.45) is 5.73 Å². The fourth-order valence-electron chi connectivity index (χ4n) is 1.01. The second kappa shape index (κ2) is 6.01. The van der Waals surface area contributed by atoms with E-state index < -0.39 is 6.09 Å². The van der Waals surface area contributed by atoms with Gasteiger partial charge in [-0.3, -0.25) is 5.32 Å². The minimum Gasteiger partial charge on any atom is -0.453 e. The van der Waals surface area contributed by atoms with Gasteiger partial charge in [0, 0.05) is 5.56 Å². The number of carbonyl (C=O) groups is 1. The van der Waals surface area contributed by atoms with Gasteiger partial charge in [-0.1, -0.05) is 23.4 Å². The van der Waals surface area contributed by atoms with E-state index in [1.165, 1.54) is 7.11 Å². The summed E-state index contributed by atoms with van der Waals surface area (Å²) in [5, 5.41) is 2.90. The van der Waals surface area contributed by atoms with Gasteiger partial charge in [-0.2, -0.15) is 0 Å². The van der Waals surface area contributed by atoms with Crippen LogP contribution in [0, 0.1) is 11.8 Å². The molecule has 0 aliphatic carbocycles. The van der Waals surface area contributed by atoms with Crippen LogP contribution in [0.1, 0.15) is 5.56 Å². The summed E-state index contributed by atoms with van der Waals surface area (Å²) in [6.07, 6.45) is -0.578. The van der Waals surface area contributed by atoms with Crippen molar-refractivity contribution < 1.29 is 9.53 Å². The van der Waals surface area contributed by atoms with Gasteiger partial charge in [0.1, 0.15) is 0 Å². The molecule has 1 aromatic carbocycles. The molecule has 0 saturated carbocycles. The number of rotatable bonds is 1. The highest BCUT2D eigenvalue weighted by atomic mass is 35.5. The Bertz CT molecular complexity index is 449. The third-order valence-electron chi connectivity index (χ3n) is 1.72. The van der Waals surface area contributed by atoms with E-state index in [9.17, 15) is 4.79 Å². The smallest absolute Gasteiger partial charge is 0.411 e. The van der Waals surface area contributed by atoms with Gasteiger partial charge in [-0.15, -0.1) is 0 Å². The Morgan fingerprint density at radius 3 is 3.00 bits per heavy atom. The number of anilines is 1. The van der Waals surface area contributed by atoms with Crippen molar-refractivity contribution in [3.63, 3.8) is 0 Å². The lowest BCUT2D eigenvalue weighted by Crippen LogP contribution is -2.11. The first-order chi connectivity index (χ1) is 7.67. The van der Waals surface area contributed by atoms with Gasteiger partial charge in [-0.05, 0) is 18.2 Å². The van der Waals surface area contributed by atoms with E-state index in [1.54, 1.807) is 18.2 Å². The van der Waals surface area contributed by atoms with Crippen molar-refractivity contribution in [2.75, 3.05) is 19.0 Å². The van der Waals surface area contributed by atoms with Gasteiger partial charge in [0.2, 0.25) is 0 Å². The van der Waals surface area contributed by atoms with Crippen LogP contribution < -0.4 is 11.1 Å². The van der Waals surface area contributed by atoms with E-state index >= 15 is 0 Å². The first-order valence-electron chi connectivity index (χ1n) is 4.51. The summed E-state index contributed by atoms with van der Waals surface area (Å²) in [5.41, 5.74) is 6.44. The fraction of sp³-hybridized carbons (Fsp3) is 0.182. The summed E-state index contributed by atoms with van der Waals surface area (Å²) >= 11 is 5.89. The summed E-state index contributed by atoms with van der Waals surface area (Å²) in [7, 11) is 1.28. The summed E-state index contributed by atoms with van der Waals surface area (Å²) in [6.45, 7) is 0.280. The second-order valence-corrected chi connectivity index (χ2v) is 3.22. The van der Waals surface area contributed by atoms with Crippen molar-refractivity contribution >= 4 is 23.4 Å². The molecule has 1 amide bonds. The van der Waals surface area contributed by atoms with Crippen molar-refractivity contribution in [1.29, 1.82) is 0 Å². The number of halogens is 1. The van der Waals surface area contributed by atoms with Gasteiger partial charge in [-0.25, -0.2) is 4.79 Å². The number of hydrogen-bond acceptors (Lipinski definition) is 3. The second-order valence-electron chi connectivity index (χ2n) is 2.82. The third-order valence-corrected chi connectivity index (χ3v) is 2.05. The maximum absolute atomic E-state index is 11.0. The number of benzene rings is 1. The van der Waals surface area contributed by atoms with Crippen molar-refractivity contribution in [3.8, 4) is 11.8 Å². The predicted octanol–water partition coefficient (Wildman–Crippen LogP) is 1.83. The number of nitrogens with one attached hydrogen (secondary N) is 1. The van der Waals surface area contributed by atoms with Crippen LogP contribution in [0.3, 0.4) is 0 Å². The molecule has 0 atom stereocenters. The number of nitrogens with two attached hydrogens (primary N) is 1. The van der Waals surface area contributed by atoms with Crippen molar-refractivity contribution in [2.45, 2.75) is 0 Å². The zero-order valence-electron chi connectivity index (χ0n) is 8.71. The standard InChI is InChI=1S/C11H11ClN2O2/c1-16-11(15)14-10-7-8(3-2-6-13)4-5-9(10)12/h4-5,7H,6,13H2,1H3,(H,14,15). The van der Waals surface area contributed by atoms with E-state index in [1.807, 2.05) is 0 Å². The van der Waals surface area contributed by atoms with Crippen LogP contribution in [0.25, 0.3) is 0 Å². The first-order valence-corrected chi connectivity index (χ1v) is 4.88. The molecular formula is C11H11ClN2O2. The zero-order chi connectivity index (χ0) is 12.0. The van der Waals surface area contributed by atoms with E-state index in [4.69, 9.17) is 17.3 Å². The monoisotopic (exact) mass is 238 g/mol. The molecule has 0 unspecified atom stereocenters. The Hall–Kier alpha value is -1.70. The minimum atomic E-state index is -0.578. The molecule has 84 valence electrons. The highest BCUT2D eigenvalue weighted by Crippen LogP contribution is 2.22. The highest BCUT2D eigenvalue weighted by Gasteiger charge is 2.05. The number of carbonyl (C=O) groups excluding carboxylic acids is 1. The highest BCUT2D eigenvalue weighted by molar-refractivity contribution is 6.33. The first kappa shape index (κ1) is 12.4. The van der Waals surface area contributed by atoms with Crippen LogP contribution in [0.15, 0.2) is 18.2 Å². The zero-order valence-corrected chi connectivity index (χ0v) is 9.47. The summed E-state index contributed by atoms with van der Waals surface area (Å²) < 4.78 is 4.47. The van der Waals surface area contributed by atoms with Gasteiger partial charge in [0.15, 0.2) is 0 Å². The van der Waals surface area contributed by atoms with Crippen molar-refractivity contribution in [3.05, 3.63) is 28.8 Å². The lowest BCUT2D eigenvalue weighted by atomic mass is 10.2. The summed E-state index contributed by atoms with van der Waals surface area (Å²) in [6, 6.07) is 5.04. The van der Waals surface area contributed by atoms with E-state index in [0.29, 0.717) is 10.7 Å². The summed E-state index contributed by atoms with van der Waals surface area (Å²) in [4.78, 5) is 11.0. The van der Waals surface area contributed by atoms with Crippen LogP contribution in [0.2, 0.25) is 5.02 Å². The maximum Gasteiger partial charge on any atom is 0.411 e. The molecule has 0 aliphatic rings. The molecule has 16 heavy (non-hydrogen) atoms. The minimum absolute atomic E-state index is 0.280. The number of ether oxygens (including phenoxy) is 1. The molecular weight excluding hydrogens is 228 g/mol. The Morgan fingerprint density at radius 1 is 1.62 bits per heavy atom. The molecule has 0 heterocycles. The van der Waals surface area contributed by atoms with Gasteiger partial charge in [0.05, 0.1) is 24.4 Å². The largest absolute Gasteiger partial charge is 0.453 e. The molecule has 0 spiro atoms. The van der Waals surface area contributed by atoms with Gasteiger partial charge >= 0.3 is 6.09 Å². The number of methoxy groups -OCH3 is 1. The van der Waals surface area contributed by atoms with Crippen LogP contribution in [0.5, 0.6) is 0 Å². The average molecular weight is 239 g/mol. The van der Waals surface area contributed by atoms with Gasteiger partial charge < -0.3 is 10.5 Å². The summed E-state index contributed by atoms with van der Waals surface area (Å²) in [5.74, 6) is 5.55. The van der Waals surface area contributed by atoms with Crippen LogP contribution in [0.4, 0.5) is 10.5 Å². The Morgan fingerprint density at radius 2 is 2.38 bits per heavy atom. The molecule has 0 fully saturated rings. The average Bonchev–Trinajstić information content (AvgIpc) is 2.30. The molecule has 5 heteroatoms. The normalized spacial score (nSPS) is 8.94. The Balaban J connectivity index is 2.94. The van der Waals surface area contributed by atoms with Gasteiger partial charge in [0.25, 0.3) is 0 Å². The van der Waals surface area contributed by atoms with E-state index in [0.717, 1.165) is 5.56 Å². The van der Waals surface area contributed by atoms with Crippen molar-refractivity contribution in [1.82, 2.24) is 0 Å². The third kappa shape index (κ3) is 3.46. The lowest BCUT2D eigenvalue weighted by molar-refractivity contribution is 0.187. The maximum atomic E-state index is 11.0. The molecule has 4 nitrogen and oxygen atoms in total. The van der Waals surface area contributed by atoms with Crippen LogP contribution in [-0.4, -0.2) is 19.7 Å². The Labute approximate surface area is 98.7 Å². The molecule has 0 saturated heterocycles. The topological polar surface area (TPSA) is 64.3 Å². The number of hydrogen-bond donors (Lipinski definition) is 2. The van der Waals surface area contributed by atoms with E-state index in [-0.39, 0.29) is 6.54 Å². The molecule has 1 rings (SSSR count). The lowest BCUT2D eigenvalue weighted by Gasteiger charge is -2.05. The fourth-order valence-corrected chi connectivity index (χ4v) is 1.18. The molecule has 0 radical (unpaired) electrons.